The number of pyridine rings is 1. The molecule has 0 saturated heterocycles. The average molecular weight is 619 g/mol. The van der Waals surface area contributed by atoms with Gasteiger partial charge in [-0.15, -0.1) is 0 Å². The van der Waals surface area contributed by atoms with Gasteiger partial charge in [0.2, 0.25) is 0 Å². The second kappa shape index (κ2) is 11.2. The van der Waals surface area contributed by atoms with E-state index in [0.29, 0.717) is 12.1 Å². The van der Waals surface area contributed by atoms with Crippen molar-refractivity contribution < 1.29 is 65.9 Å². The maximum absolute atomic E-state index is 13.6. The minimum atomic E-state index is -5.19. The van der Waals surface area contributed by atoms with E-state index in [2.05, 4.69) is 4.98 Å². The molecule has 4 aromatic rings. The van der Waals surface area contributed by atoms with Gasteiger partial charge in [0.15, 0.2) is 0 Å². The van der Waals surface area contributed by atoms with Crippen molar-refractivity contribution in [3.63, 3.8) is 0 Å². The fraction of sp³-hybridized carbons (Fsp3) is 0.0690. The molecule has 0 bridgehead atoms. The van der Waals surface area contributed by atoms with Gasteiger partial charge in [0.05, 0.1) is 44.8 Å². The van der Waals surface area contributed by atoms with E-state index in [1.165, 1.54) is 0 Å². The molecule has 15 heteroatoms. The highest BCUT2D eigenvalue weighted by atomic mass is 19.4. The zero-order valence-corrected chi connectivity index (χ0v) is 21.5. The molecule has 0 amide bonds. The van der Waals surface area contributed by atoms with Crippen molar-refractivity contribution in [1.82, 2.24) is 4.98 Å². The highest BCUT2D eigenvalue weighted by Gasteiger charge is 2.37. The van der Waals surface area contributed by atoms with Gasteiger partial charge in [-0.05, 0) is 65.7 Å². The smallest absolute Gasteiger partial charge is 0.416 e. The molecule has 0 atom stereocenters. The molecular formula is C29H15F6NO8. The number of hydrogen-bond donors (Lipinski definition) is 4. The van der Waals surface area contributed by atoms with Crippen molar-refractivity contribution in [2.45, 2.75) is 12.4 Å². The summed E-state index contributed by atoms with van der Waals surface area (Å²) in [6, 6.07) is 8.64. The van der Waals surface area contributed by atoms with Crippen LogP contribution in [0.3, 0.4) is 0 Å². The Morgan fingerprint density at radius 3 is 1.11 bits per heavy atom. The molecule has 9 nitrogen and oxygen atoms in total. The van der Waals surface area contributed by atoms with E-state index in [0.717, 1.165) is 48.5 Å². The van der Waals surface area contributed by atoms with Crippen LogP contribution in [0.4, 0.5) is 26.3 Å². The molecule has 4 rings (SSSR count). The molecule has 3 aromatic carbocycles. The minimum absolute atomic E-state index is 0.0833. The Balaban J connectivity index is 2.07. The van der Waals surface area contributed by atoms with Crippen LogP contribution in [0.1, 0.15) is 52.6 Å². The summed E-state index contributed by atoms with van der Waals surface area (Å²) in [5.41, 5.74) is -7.57. The molecule has 0 fully saturated rings. The summed E-state index contributed by atoms with van der Waals surface area (Å²) in [6.45, 7) is 0. The minimum Gasteiger partial charge on any atom is -0.478 e. The number of benzene rings is 3. The molecule has 0 aliphatic carbocycles. The van der Waals surface area contributed by atoms with Crippen LogP contribution in [0.5, 0.6) is 0 Å². The molecule has 0 aliphatic heterocycles. The number of alkyl halides is 6. The lowest BCUT2D eigenvalue weighted by Gasteiger charge is -2.16. The number of nitrogens with zero attached hydrogens (tertiary/aromatic N) is 1. The Bertz CT molecular complexity index is 1740. The highest BCUT2D eigenvalue weighted by Crippen LogP contribution is 2.40. The van der Waals surface area contributed by atoms with E-state index in [1.54, 1.807) is 0 Å². The van der Waals surface area contributed by atoms with Crippen LogP contribution in [-0.2, 0) is 12.4 Å². The second-order valence-corrected chi connectivity index (χ2v) is 9.16. The first-order chi connectivity index (χ1) is 20.4. The first-order valence-electron chi connectivity index (χ1n) is 11.9. The van der Waals surface area contributed by atoms with Crippen LogP contribution in [-0.4, -0.2) is 49.3 Å². The Labute approximate surface area is 241 Å². The lowest BCUT2D eigenvalue weighted by Crippen LogP contribution is -2.11. The predicted molar refractivity (Wildman–Crippen MR) is 138 cm³/mol. The number of carboxylic acids is 4. The summed E-state index contributed by atoms with van der Waals surface area (Å²) in [6.07, 6.45) is -10.4. The van der Waals surface area contributed by atoms with Gasteiger partial charge in [-0.2, -0.15) is 26.3 Å². The molecule has 226 valence electrons. The van der Waals surface area contributed by atoms with Crippen molar-refractivity contribution in [3.8, 4) is 33.6 Å². The highest BCUT2D eigenvalue weighted by molar-refractivity contribution is 6.03. The van der Waals surface area contributed by atoms with Crippen molar-refractivity contribution in [2.75, 3.05) is 0 Å². The van der Waals surface area contributed by atoms with E-state index < -0.39 is 75.2 Å². The predicted octanol–water partition coefficient (Wildman–Crippen LogP) is 6.91. The van der Waals surface area contributed by atoms with Crippen LogP contribution < -0.4 is 0 Å². The second-order valence-electron chi connectivity index (χ2n) is 9.16. The molecule has 4 N–H and O–H groups in total. The summed E-state index contributed by atoms with van der Waals surface area (Å²) in [5.74, 6) is -6.52. The molecule has 0 unspecified atom stereocenters. The molecule has 0 aliphatic rings. The van der Waals surface area contributed by atoms with Crippen LogP contribution in [0.25, 0.3) is 33.6 Å². The SMILES string of the molecule is O=C(O)c1ccc(-c2cc(-c3cc(C(F)(F)F)cc(C(F)(F)F)c3)cc(-c3ccc(C(=O)O)c(C(=O)O)c3)n2)cc1C(=O)O. The van der Waals surface area contributed by atoms with Gasteiger partial charge in [-0.3, -0.25) is 0 Å². The number of carbonyl (C=O) groups is 4. The quantitative estimate of drug-likeness (QED) is 0.161. The molecule has 0 radical (unpaired) electrons. The van der Waals surface area contributed by atoms with Gasteiger partial charge in [-0.25, -0.2) is 24.2 Å². The third-order valence-corrected chi connectivity index (χ3v) is 6.30. The Morgan fingerprint density at radius 1 is 0.455 bits per heavy atom. The van der Waals surface area contributed by atoms with Gasteiger partial charge in [-0.1, -0.05) is 12.1 Å². The van der Waals surface area contributed by atoms with E-state index in [1.807, 2.05) is 0 Å². The zero-order valence-electron chi connectivity index (χ0n) is 21.5. The van der Waals surface area contributed by atoms with Crippen LogP contribution in [0.15, 0.2) is 66.7 Å². The fourth-order valence-corrected chi connectivity index (χ4v) is 4.25. The van der Waals surface area contributed by atoms with E-state index in [9.17, 15) is 65.9 Å². The third-order valence-electron chi connectivity index (χ3n) is 6.30. The standard InChI is InChI=1S/C29H15F6NO8/c30-28(31,32)16-5-14(6-17(11-16)29(33,34)35)15-9-22(12-1-3-18(24(37)38)20(7-12)26(41)42)36-23(10-15)13-2-4-19(25(39)40)21(8-13)27(43)44/h1-11H,(H,37,38)(H,39,40)(H,41,42)(H,43,44). The normalized spacial score (nSPS) is 11.7. The summed E-state index contributed by atoms with van der Waals surface area (Å²) in [4.78, 5) is 50.7. The van der Waals surface area contributed by atoms with Gasteiger partial charge in [0, 0.05) is 11.1 Å². The Morgan fingerprint density at radius 2 is 0.795 bits per heavy atom. The topological polar surface area (TPSA) is 162 Å². The lowest BCUT2D eigenvalue weighted by molar-refractivity contribution is -0.143. The molecule has 0 spiro atoms. The maximum atomic E-state index is 13.6. The maximum Gasteiger partial charge on any atom is 0.416 e. The molecule has 1 aromatic heterocycles. The molecule has 1 heterocycles. The van der Waals surface area contributed by atoms with E-state index in [-0.39, 0.29) is 34.1 Å². The number of halogens is 6. The summed E-state index contributed by atoms with van der Waals surface area (Å²) in [5, 5.41) is 37.7. The average Bonchev–Trinajstić information content (AvgIpc) is 2.94. The van der Waals surface area contributed by atoms with Crippen LogP contribution in [0.2, 0.25) is 0 Å². The first-order valence-corrected chi connectivity index (χ1v) is 11.9. The van der Waals surface area contributed by atoms with Crippen molar-refractivity contribution in [3.05, 3.63) is 100 Å². The van der Waals surface area contributed by atoms with Gasteiger partial charge in [0.25, 0.3) is 0 Å². The van der Waals surface area contributed by atoms with Crippen molar-refractivity contribution in [1.29, 1.82) is 0 Å². The van der Waals surface area contributed by atoms with Gasteiger partial charge >= 0.3 is 36.2 Å². The summed E-state index contributed by atoms with van der Waals surface area (Å²) in [7, 11) is 0. The zero-order chi connectivity index (χ0) is 32.7. The third kappa shape index (κ3) is 6.35. The number of aromatic carboxylic acids is 4. The molecular weight excluding hydrogens is 604 g/mol. The monoisotopic (exact) mass is 619 g/mol. The van der Waals surface area contributed by atoms with Gasteiger partial charge in [0.1, 0.15) is 0 Å². The first kappa shape index (κ1) is 31.2. The lowest BCUT2D eigenvalue weighted by atomic mass is 9.94. The summed E-state index contributed by atoms with van der Waals surface area (Å²) >= 11 is 0. The number of carboxylic acid groups (broad SMARTS) is 4. The van der Waals surface area contributed by atoms with Crippen LogP contribution >= 0.6 is 0 Å². The fourth-order valence-electron chi connectivity index (χ4n) is 4.25. The number of hydrogen-bond acceptors (Lipinski definition) is 5. The Hall–Kier alpha value is -5.73. The largest absolute Gasteiger partial charge is 0.478 e. The molecule has 44 heavy (non-hydrogen) atoms. The van der Waals surface area contributed by atoms with E-state index in [4.69, 9.17) is 0 Å². The molecule has 0 saturated carbocycles. The Kier molecular flexibility index (Phi) is 7.92. The van der Waals surface area contributed by atoms with Crippen molar-refractivity contribution >= 4 is 23.9 Å². The van der Waals surface area contributed by atoms with Crippen LogP contribution in [0, 0.1) is 0 Å². The van der Waals surface area contributed by atoms with Crippen molar-refractivity contribution in [2.24, 2.45) is 0 Å². The number of rotatable bonds is 7. The summed E-state index contributed by atoms with van der Waals surface area (Å²) < 4.78 is 81.6. The van der Waals surface area contributed by atoms with Gasteiger partial charge < -0.3 is 20.4 Å². The van der Waals surface area contributed by atoms with E-state index >= 15 is 0 Å². The number of aromatic nitrogens is 1.